The van der Waals surface area contributed by atoms with Gasteiger partial charge in [0.25, 0.3) is 0 Å². The molecule has 1 aromatic heterocycles. The average molecular weight is 316 g/mol. The van der Waals surface area contributed by atoms with E-state index in [4.69, 9.17) is 11.6 Å². The van der Waals surface area contributed by atoms with Crippen LogP contribution >= 0.6 is 11.6 Å². The summed E-state index contributed by atoms with van der Waals surface area (Å²) in [6, 6.07) is 2.27. The van der Waals surface area contributed by atoms with Crippen LogP contribution in [0.25, 0.3) is 0 Å². The van der Waals surface area contributed by atoms with Crippen LogP contribution in [-0.2, 0) is 11.0 Å². The van der Waals surface area contributed by atoms with E-state index >= 15 is 0 Å². The van der Waals surface area contributed by atoms with E-state index in [1.807, 2.05) is 26.8 Å². The van der Waals surface area contributed by atoms with Crippen LogP contribution in [-0.4, -0.2) is 37.4 Å². The molecule has 0 saturated carbocycles. The van der Waals surface area contributed by atoms with E-state index in [9.17, 15) is 4.21 Å². The summed E-state index contributed by atoms with van der Waals surface area (Å²) in [6.07, 6.45) is 5.33. The van der Waals surface area contributed by atoms with Crippen molar-refractivity contribution in [2.75, 3.05) is 18.4 Å². The minimum absolute atomic E-state index is 0.186. The van der Waals surface area contributed by atoms with Gasteiger partial charge in [-0.15, -0.1) is 0 Å². The quantitative estimate of drug-likeness (QED) is 0.932. The largest absolute Gasteiger partial charge is 0.381 e. The Hall–Kier alpha value is -0.650. The Balaban J connectivity index is 1.89. The summed E-state index contributed by atoms with van der Waals surface area (Å²) in [6.45, 7) is 7.76. The third-order valence-corrected chi connectivity index (χ3v) is 5.53. The maximum Gasteiger partial charge on any atom is 0.0997 e. The van der Waals surface area contributed by atoms with E-state index < -0.39 is 11.0 Å². The highest BCUT2D eigenvalue weighted by atomic mass is 35.5. The third kappa shape index (κ3) is 3.93. The summed E-state index contributed by atoms with van der Waals surface area (Å²) in [4.78, 5) is 3.98. The lowest BCUT2D eigenvalue weighted by Crippen LogP contribution is -2.44. The number of aromatic nitrogens is 1. The van der Waals surface area contributed by atoms with Crippen molar-refractivity contribution >= 4 is 28.3 Å². The fourth-order valence-corrected chi connectivity index (χ4v) is 3.76. The van der Waals surface area contributed by atoms with Gasteiger partial charge in [0.15, 0.2) is 0 Å². The van der Waals surface area contributed by atoms with Gasteiger partial charge in [-0.2, -0.15) is 0 Å². The van der Waals surface area contributed by atoms with Crippen molar-refractivity contribution in [2.45, 2.75) is 44.4 Å². The summed E-state index contributed by atoms with van der Waals surface area (Å²) in [5, 5.41) is 4.10. The van der Waals surface area contributed by atoms with Gasteiger partial charge in [0.2, 0.25) is 0 Å². The van der Waals surface area contributed by atoms with E-state index in [1.54, 1.807) is 12.4 Å². The van der Waals surface area contributed by atoms with Crippen molar-refractivity contribution in [1.29, 1.82) is 0 Å². The Bertz CT molecular complexity index is 482. The maximum absolute atomic E-state index is 12.3. The molecule has 6 heteroatoms. The first-order chi connectivity index (χ1) is 9.38. The van der Waals surface area contributed by atoms with Crippen LogP contribution in [0.3, 0.4) is 0 Å². The second-order valence-electron chi connectivity index (χ2n) is 6.06. The molecule has 1 aromatic rings. The molecule has 0 aromatic carbocycles. The van der Waals surface area contributed by atoms with Gasteiger partial charge in [-0.25, -0.2) is 8.51 Å². The fraction of sp³-hybridized carbons (Fsp3) is 0.643. The number of hydrogen-bond acceptors (Lipinski definition) is 3. The van der Waals surface area contributed by atoms with E-state index in [0.29, 0.717) is 11.1 Å². The minimum Gasteiger partial charge on any atom is -0.381 e. The number of halogens is 1. The summed E-state index contributed by atoms with van der Waals surface area (Å²) >= 11 is 6.10. The molecule has 2 heterocycles. The van der Waals surface area contributed by atoms with Crippen LogP contribution in [0.2, 0.25) is 5.02 Å². The standard InChI is InChI=1S/C14H22ClN3OS/c1-14(2,3)20(19)18-8-5-11(6-9-18)17-13-4-7-16-10-12(13)15/h4,7,10-11H,5-6,8-9H2,1-3H3,(H,16,17). The molecule has 1 unspecified atom stereocenters. The van der Waals surface area contributed by atoms with Crippen molar-refractivity contribution < 1.29 is 4.21 Å². The Kier molecular flexibility index (Phi) is 5.04. The molecule has 4 nitrogen and oxygen atoms in total. The zero-order valence-electron chi connectivity index (χ0n) is 12.2. The SMILES string of the molecule is CC(C)(C)S(=O)N1CCC(Nc2ccncc2Cl)CC1. The first-order valence-electron chi connectivity index (χ1n) is 6.91. The number of nitrogens with one attached hydrogen (secondary N) is 1. The smallest absolute Gasteiger partial charge is 0.0997 e. The molecule has 112 valence electrons. The normalized spacial score (nSPS) is 19.8. The molecule has 1 atom stereocenters. The molecule has 0 spiro atoms. The summed E-state index contributed by atoms with van der Waals surface area (Å²) < 4.78 is 14.2. The van der Waals surface area contributed by atoms with Crippen LogP contribution in [0, 0.1) is 0 Å². The predicted molar refractivity (Wildman–Crippen MR) is 85.4 cm³/mol. The van der Waals surface area contributed by atoms with Gasteiger partial charge in [-0.3, -0.25) is 4.98 Å². The zero-order valence-corrected chi connectivity index (χ0v) is 13.8. The second-order valence-corrected chi connectivity index (χ2v) is 8.71. The van der Waals surface area contributed by atoms with Gasteiger partial charge in [0, 0.05) is 31.5 Å². The van der Waals surface area contributed by atoms with Crippen LogP contribution < -0.4 is 5.32 Å². The number of nitrogens with zero attached hydrogens (tertiary/aromatic N) is 2. The zero-order chi connectivity index (χ0) is 14.8. The topological polar surface area (TPSA) is 45.2 Å². The minimum atomic E-state index is -0.920. The van der Waals surface area contributed by atoms with Crippen LogP contribution in [0.1, 0.15) is 33.6 Å². The third-order valence-electron chi connectivity index (χ3n) is 3.34. The Morgan fingerprint density at radius 1 is 1.40 bits per heavy atom. The molecular formula is C14H22ClN3OS. The highest BCUT2D eigenvalue weighted by Gasteiger charge is 2.29. The molecule has 0 radical (unpaired) electrons. The molecule has 1 aliphatic rings. The number of piperidine rings is 1. The lowest BCUT2D eigenvalue weighted by molar-refractivity contribution is 0.340. The highest BCUT2D eigenvalue weighted by Crippen LogP contribution is 2.25. The van der Waals surface area contributed by atoms with Crippen molar-refractivity contribution in [3.05, 3.63) is 23.5 Å². The lowest BCUT2D eigenvalue weighted by Gasteiger charge is -2.35. The molecule has 20 heavy (non-hydrogen) atoms. The summed E-state index contributed by atoms with van der Waals surface area (Å²) in [7, 11) is -0.920. The Morgan fingerprint density at radius 2 is 2.05 bits per heavy atom. The molecule has 1 fully saturated rings. The van der Waals surface area contributed by atoms with Crippen molar-refractivity contribution in [2.24, 2.45) is 0 Å². The van der Waals surface area contributed by atoms with E-state index in [-0.39, 0.29) is 4.75 Å². The number of hydrogen-bond donors (Lipinski definition) is 1. The fourth-order valence-electron chi connectivity index (χ4n) is 2.27. The van der Waals surface area contributed by atoms with Crippen molar-refractivity contribution in [1.82, 2.24) is 9.29 Å². The molecule has 0 amide bonds. The molecule has 0 aliphatic carbocycles. The number of pyridine rings is 1. The average Bonchev–Trinajstić information content (AvgIpc) is 2.40. The molecular weight excluding hydrogens is 294 g/mol. The summed E-state index contributed by atoms with van der Waals surface area (Å²) in [5.41, 5.74) is 0.928. The molecule has 0 bridgehead atoms. The van der Waals surface area contributed by atoms with Crippen LogP contribution in [0.4, 0.5) is 5.69 Å². The van der Waals surface area contributed by atoms with Gasteiger partial charge in [-0.05, 0) is 39.7 Å². The van der Waals surface area contributed by atoms with Crippen LogP contribution in [0.5, 0.6) is 0 Å². The highest BCUT2D eigenvalue weighted by molar-refractivity contribution is 7.84. The number of anilines is 1. The van der Waals surface area contributed by atoms with Gasteiger partial charge in [0.1, 0.15) is 0 Å². The van der Waals surface area contributed by atoms with E-state index in [0.717, 1.165) is 31.6 Å². The van der Waals surface area contributed by atoms with E-state index in [1.165, 1.54) is 0 Å². The van der Waals surface area contributed by atoms with E-state index in [2.05, 4.69) is 14.6 Å². The second kappa shape index (κ2) is 6.41. The first-order valence-corrected chi connectivity index (χ1v) is 8.39. The molecule has 1 aliphatic heterocycles. The molecule has 2 rings (SSSR count). The Morgan fingerprint density at radius 3 is 2.60 bits per heavy atom. The molecule has 1 saturated heterocycles. The Labute approximate surface area is 128 Å². The molecule has 1 N–H and O–H groups in total. The van der Waals surface area contributed by atoms with Gasteiger partial charge in [0.05, 0.1) is 26.4 Å². The lowest BCUT2D eigenvalue weighted by atomic mass is 10.1. The maximum atomic E-state index is 12.3. The van der Waals surface area contributed by atoms with Gasteiger partial charge in [-0.1, -0.05) is 11.6 Å². The van der Waals surface area contributed by atoms with Crippen molar-refractivity contribution in [3.8, 4) is 0 Å². The number of rotatable bonds is 3. The van der Waals surface area contributed by atoms with Gasteiger partial charge >= 0.3 is 0 Å². The summed E-state index contributed by atoms with van der Waals surface area (Å²) in [5.74, 6) is 0. The van der Waals surface area contributed by atoms with Crippen LogP contribution in [0.15, 0.2) is 18.5 Å². The predicted octanol–water partition coefficient (Wildman–Crippen LogP) is 3.07. The van der Waals surface area contributed by atoms with Gasteiger partial charge < -0.3 is 5.32 Å². The van der Waals surface area contributed by atoms with Crippen molar-refractivity contribution in [3.63, 3.8) is 0 Å². The first kappa shape index (κ1) is 15.7. The monoisotopic (exact) mass is 315 g/mol.